The summed E-state index contributed by atoms with van der Waals surface area (Å²) in [5, 5.41) is 1.99. The normalized spacial score (nSPS) is 17.6. The minimum absolute atomic E-state index is 0.121. The fourth-order valence-electron chi connectivity index (χ4n) is 3.01. The summed E-state index contributed by atoms with van der Waals surface area (Å²) in [5.41, 5.74) is 6.28. The maximum absolute atomic E-state index is 12.5. The van der Waals surface area contributed by atoms with E-state index in [2.05, 4.69) is 9.97 Å². The molecule has 25 heavy (non-hydrogen) atoms. The molecule has 134 valence electrons. The second-order valence-electron chi connectivity index (χ2n) is 6.10. The van der Waals surface area contributed by atoms with Gasteiger partial charge in [-0.2, -0.15) is 0 Å². The number of nitrogens with two attached hydrogens (primary N) is 1. The van der Waals surface area contributed by atoms with E-state index in [0.717, 1.165) is 35.2 Å². The van der Waals surface area contributed by atoms with E-state index in [4.69, 9.17) is 5.73 Å². The highest BCUT2D eigenvalue weighted by Crippen LogP contribution is 2.27. The van der Waals surface area contributed by atoms with Crippen LogP contribution in [0, 0.1) is 6.92 Å². The van der Waals surface area contributed by atoms with E-state index in [9.17, 15) is 9.59 Å². The van der Waals surface area contributed by atoms with Crippen LogP contribution in [0.4, 0.5) is 0 Å². The minimum atomic E-state index is -0.391. The number of carbonyl (C=O) groups excluding carboxylic acids is 2. The number of nitrogens with zero attached hydrogens (tertiary/aromatic N) is 4. The molecule has 1 saturated heterocycles. The van der Waals surface area contributed by atoms with Crippen molar-refractivity contribution >= 4 is 34.9 Å². The van der Waals surface area contributed by atoms with Gasteiger partial charge < -0.3 is 15.2 Å². The van der Waals surface area contributed by atoms with Crippen LogP contribution in [-0.4, -0.2) is 50.1 Å². The molecule has 0 radical (unpaired) electrons. The fourth-order valence-corrected chi connectivity index (χ4v) is 4.76. The lowest BCUT2D eigenvalue weighted by molar-refractivity contribution is -0.129. The summed E-state index contributed by atoms with van der Waals surface area (Å²) in [4.78, 5) is 34.4. The summed E-state index contributed by atoms with van der Waals surface area (Å²) >= 11 is 3.06. The molecule has 1 aliphatic rings. The number of aromatic nitrogens is 3. The van der Waals surface area contributed by atoms with E-state index < -0.39 is 5.91 Å². The molecule has 2 amide bonds. The van der Waals surface area contributed by atoms with E-state index in [1.54, 1.807) is 28.3 Å². The molecule has 2 N–H and O–H groups in total. The van der Waals surface area contributed by atoms with Crippen molar-refractivity contribution < 1.29 is 9.59 Å². The van der Waals surface area contributed by atoms with Gasteiger partial charge in [-0.25, -0.2) is 9.97 Å². The van der Waals surface area contributed by atoms with Crippen LogP contribution in [0.15, 0.2) is 22.1 Å². The van der Waals surface area contributed by atoms with Gasteiger partial charge in [-0.3, -0.25) is 9.59 Å². The number of primary amides is 1. The Morgan fingerprint density at radius 1 is 1.48 bits per heavy atom. The molecule has 1 aliphatic heterocycles. The van der Waals surface area contributed by atoms with Gasteiger partial charge in [-0.15, -0.1) is 11.3 Å². The van der Waals surface area contributed by atoms with Crippen LogP contribution in [0.2, 0.25) is 0 Å². The molecule has 0 bridgehead atoms. The quantitative estimate of drug-likeness (QED) is 0.770. The molecule has 0 aromatic carbocycles. The van der Waals surface area contributed by atoms with Crippen LogP contribution < -0.4 is 5.73 Å². The standard InChI is InChI=1S/C16H21N5O2S2/c1-11-9-24-16(19-11)25-10-14(23)20-5-2-3-12(7-20)15-18-4-6-21(15)8-13(17)22/h4,6,9,12H,2-3,5,7-8,10H2,1H3,(H2,17,22)/t12-/m0/s1. The van der Waals surface area contributed by atoms with Crippen molar-refractivity contribution in [2.45, 2.75) is 36.6 Å². The Bertz CT molecular complexity index is 757. The summed E-state index contributed by atoms with van der Waals surface area (Å²) in [6.45, 7) is 3.47. The monoisotopic (exact) mass is 379 g/mol. The largest absolute Gasteiger partial charge is 0.368 e. The van der Waals surface area contributed by atoms with Gasteiger partial charge in [0.2, 0.25) is 11.8 Å². The number of hydrogen-bond acceptors (Lipinski definition) is 6. The Labute approximate surface area is 154 Å². The summed E-state index contributed by atoms with van der Waals surface area (Å²) in [6, 6.07) is 0. The van der Waals surface area contributed by atoms with Gasteiger partial charge in [0.25, 0.3) is 0 Å². The number of likely N-dealkylation sites (tertiary alicyclic amines) is 1. The highest BCUT2D eigenvalue weighted by Gasteiger charge is 2.27. The average molecular weight is 380 g/mol. The van der Waals surface area contributed by atoms with Gasteiger partial charge in [0, 0.05) is 42.5 Å². The van der Waals surface area contributed by atoms with Crippen LogP contribution in [0.5, 0.6) is 0 Å². The molecule has 7 nitrogen and oxygen atoms in total. The second kappa shape index (κ2) is 8.01. The molecule has 3 heterocycles. The number of aryl methyl sites for hydroxylation is 1. The number of carbonyl (C=O) groups is 2. The van der Waals surface area contributed by atoms with Gasteiger partial charge in [0.1, 0.15) is 12.4 Å². The summed E-state index contributed by atoms with van der Waals surface area (Å²) < 4.78 is 2.71. The molecule has 3 rings (SSSR count). The average Bonchev–Trinajstić information content (AvgIpc) is 3.21. The summed E-state index contributed by atoms with van der Waals surface area (Å²) in [5.74, 6) is 1.10. The molecule has 0 saturated carbocycles. The maximum atomic E-state index is 12.5. The zero-order valence-electron chi connectivity index (χ0n) is 14.1. The van der Waals surface area contributed by atoms with Gasteiger partial charge in [-0.05, 0) is 19.8 Å². The molecular weight excluding hydrogens is 358 g/mol. The molecule has 2 aromatic rings. The third-order valence-electron chi connectivity index (χ3n) is 4.13. The number of thioether (sulfide) groups is 1. The lowest BCUT2D eigenvalue weighted by Crippen LogP contribution is -2.40. The Morgan fingerprint density at radius 3 is 3.04 bits per heavy atom. The Balaban J connectivity index is 1.60. The first-order valence-corrected chi connectivity index (χ1v) is 10.0. The van der Waals surface area contributed by atoms with Crippen LogP contribution in [0.3, 0.4) is 0 Å². The highest BCUT2D eigenvalue weighted by molar-refractivity contribution is 8.01. The lowest BCUT2D eigenvalue weighted by atomic mass is 9.97. The van der Waals surface area contributed by atoms with E-state index in [1.807, 2.05) is 17.2 Å². The van der Waals surface area contributed by atoms with Crippen LogP contribution in [-0.2, 0) is 16.1 Å². The Morgan fingerprint density at radius 2 is 2.32 bits per heavy atom. The number of piperidine rings is 1. The highest BCUT2D eigenvalue weighted by atomic mass is 32.2. The topological polar surface area (TPSA) is 94.1 Å². The molecule has 0 aliphatic carbocycles. The van der Waals surface area contributed by atoms with Crippen molar-refractivity contribution in [3.8, 4) is 0 Å². The number of imidazole rings is 1. The third-order valence-corrected chi connectivity index (χ3v) is 6.25. The number of hydrogen-bond donors (Lipinski definition) is 1. The number of thiazole rings is 1. The van der Waals surface area contributed by atoms with E-state index in [-0.39, 0.29) is 18.4 Å². The first kappa shape index (κ1) is 17.9. The molecule has 9 heteroatoms. The summed E-state index contributed by atoms with van der Waals surface area (Å²) in [7, 11) is 0. The van der Waals surface area contributed by atoms with Gasteiger partial charge in [-0.1, -0.05) is 11.8 Å². The second-order valence-corrected chi connectivity index (χ2v) is 8.18. The molecular formula is C16H21N5O2S2. The third kappa shape index (κ3) is 4.60. The molecule has 1 fully saturated rings. The van der Waals surface area contributed by atoms with E-state index in [1.165, 1.54) is 11.8 Å². The van der Waals surface area contributed by atoms with Crippen molar-refractivity contribution in [2.24, 2.45) is 5.73 Å². The molecule has 2 aromatic heterocycles. The first-order valence-electron chi connectivity index (χ1n) is 8.15. The van der Waals surface area contributed by atoms with Gasteiger partial charge in [0.05, 0.1) is 5.75 Å². The van der Waals surface area contributed by atoms with Crippen LogP contribution in [0.25, 0.3) is 0 Å². The smallest absolute Gasteiger partial charge is 0.237 e. The van der Waals surface area contributed by atoms with Crippen LogP contribution in [0.1, 0.15) is 30.3 Å². The zero-order chi connectivity index (χ0) is 17.8. The fraction of sp³-hybridized carbons (Fsp3) is 0.500. The SMILES string of the molecule is Cc1csc(SCC(=O)N2CCC[C@H](c3nccn3CC(N)=O)C2)n1. The van der Waals surface area contributed by atoms with E-state index in [0.29, 0.717) is 12.3 Å². The minimum Gasteiger partial charge on any atom is -0.368 e. The predicted molar refractivity (Wildman–Crippen MR) is 97.6 cm³/mol. The molecule has 0 spiro atoms. The van der Waals surface area contributed by atoms with Crippen molar-refractivity contribution in [1.82, 2.24) is 19.4 Å². The maximum Gasteiger partial charge on any atom is 0.237 e. The first-order chi connectivity index (χ1) is 12.0. The summed E-state index contributed by atoms with van der Waals surface area (Å²) in [6.07, 6.45) is 5.33. The zero-order valence-corrected chi connectivity index (χ0v) is 15.7. The number of rotatable bonds is 6. The Kier molecular flexibility index (Phi) is 5.74. The van der Waals surface area contributed by atoms with Crippen molar-refractivity contribution in [1.29, 1.82) is 0 Å². The number of amides is 2. The van der Waals surface area contributed by atoms with Crippen molar-refractivity contribution in [3.63, 3.8) is 0 Å². The van der Waals surface area contributed by atoms with Gasteiger partial charge in [0.15, 0.2) is 4.34 Å². The van der Waals surface area contributed by atoms with Crippen LogP contribution >= 0.6 is 23.1 Å². The van der Waals surface area contributed by atoms with Gasteiger partial charge >= 0.3 is 0 Å². The molecule has 0 unspecified atom stereocenters. The Hall–Kier alpha value is -1.87. The lowest BCUT2D eigenvalue weighted by Gasteiger charge is -2.32. The van der Waals surface area contributed by atoms with Crippen molar-refractivity contribution in [3.05, 3.63) is 29.3 Å². The molecule has 1 atom stereocenters. The predicted octanol–water partition coefficient (Wildman–Crippen LogP) is 1.63. The van der Waals surface area contributed by atoms with Crippen molar-refractivity contribution in [2.75, 3.05) is 18.8 Å². The van der Waals surface area contributed by atoms with E-state index >= 15 is 0 Å².